The fraction of sp³-hybridized carbons (Fsp3) is 0.571. The molecule has 0 atom stereocenters. The van der Waals surface area contributed by atoms with E-state index < -0.39 is 5.60 Å². The zero-order chi connectivity index (χ0) is 20.9. The van der Waals surface area contributed by atoms with Crippen LogP contribution in [-0.4, -0.2) is 68.1 Å². The van der Waals surface area contributed by atoms with Gasteiger partial charge in [0, 0.05) is 59.2 Å². The van der Waals surface area contributed by atoms with Gasteiger partial charge in [-0.05, 0) is 18.6 Å². The zero-order valence-electron chi connectivity index (χ0n) is 17.0. The minimum atomic E-state index is -0.576. The molecule has 1 N–H and O–H groups in total. The number of carbonyl (C=O) groups excluding carboxylic acids is 3. The quantitative estimate of drug-likeness (QED) is 0.694. The SMILES string of the molecule is COCCCNC(=O)COc1ccc2c(c1)OC1(CCN(C(C)=O)CC1)CC2=O. The number of methoxy groups -OCH3 is 1. The maximum atomic E-state index is 12.6. The van der Waals surface area contributed by atoms with Crippen LogP contribution >= 0.6 is 0 Å². The maximum absolute atomic E-state index is 12.6. The lowest BCUT2D eigenvalue weighted by atomic mass is 9.82. The number of nitrogens with zero attached hydrogens (tertiary/aromatic N) is 1. The van der Waals surface area contributed by atoms with E-state index in [1.807, 2.05) is 0 Å². The Morgan fingerprint density at radius 1 is 1.28 bits per heavy atom. The van der Waals surface area contributed by atoms with Crippen LogP contribution in [0.15, 0.2) is 18.2 Å². The molecule has 1 aromatic carbocycles. The molecule has 0 unspecified atom stereocenters. The standard InChI is InChI=1S/C21H28N2O6/c1-15(24)23-9-6-21(7-10-23)13-18(25)17-5-4-16(12-19(17)29-21)28-14-20(26)22-8-3-11-27-2/h4-5,12H,3,6-11,13-14H2,1-2H3,(H,22,26). The van der Waals surface area contributed by atoms with Crippen molar-refractivity contribution in [1.29, 1.82) is 0 Å². The van der Waals surface area contributed by atoms with Crippen LogP contribution in [0.25, 0.3) is 0 Å². The van der Waals surface area contributed by atoms with Gasteiger partial charge in [-0.3, -0.25) is 14.4 Å². The molecular weight excluding hydrogens is 376 g/mol. The van der Waals surface area contributed by atoms with Crippen molar-refractivity contribution in [3.63, 3.8) is 0 Å². The third kappa shape index (κ3) is 5.26. The molecule has 1 aromatic rings. The first-order valence-electron chi connectivity index (χ1n) is 9.93. The topological polar surface area (TPSA) is 94.2 Å². The van der Waals surface area contributed by atoms with Crippen LogP contribution in [0.4, 0.5) is 0 Å². The second-order valence-corrected chi connectivity index (χ2v) is 7.53. The summed E-state index contributed by atoms with van der Waals surface area (Å²) in [5.41, 5.74) is -0.0473. The number of benzene rings is 1. The number of Topliss-reactive ketones (excluding diaryl/α,β-unsaturated/α-hetero) is 1. The highest BCUT2D eigenvalue weighted by Crippen LogP contribution is 2.40. The number of hydrogen-bond donors (Lipinski definition) is 1. The molecule has 2 amide bonds. The Morgan fingerprint density at radius 2 is 2.03 bits per heavy atom. The summed E-state index contributed by atoms with van der Waals surface area (Å²) in [6, 6.07) is 5.03. The Bertz CT molecular complexity index is 770. The van der Waals surface area contributed by atoms with Crippen LogP contribution in [0.1, 0.15) is 43.0 Å². The van der Waals surface area contributed by atoms with Crippen LogP contribution in [0, 0.1) is 0 Å². The van der Waals surface area contributed by atoms with Crippen LogP contribution in [0.3, 0.4) is 0 Å². The van der Waals surface area contributed by atoms with E-state index in [1.165, 1.54) is 0 Å². The van der Waals surface area contributed by atoms with Crippen molar-refractivity contribution < 1.29 is 28.6 Å². The molecule has 2 aliphatic heterocycles. The lowest BCUT2D eigenvalue weighted by Gasteiger charge is -2.43. The summed E-state index contributed by atoms with van der Waals surface area (Å²) < 4.78 is 16.7. The van der Waals surface area contributed by atoms with Gasteiger partial charge in [-0.15, -0.1) is 0 Å². The van der Waals surface area contributed by atoms with E-state index in [0.29, 0.717) is 62.6 Å². The van der Waals surface area contributed by atoms with Crippen molar-refractivity contribution in [2.24, 2.45) is 0 Å². The Morgan fingerprint density at radius 3 is 2.72 bits per heavy atom. The summed E-state index contributed by atoms with van der Waals surface area (Å²) in [5.74, 6) is 0.810. The number of piperidine rings is 1. The molecule has 0 bridgehead atoms. The van der Waals surface area contributed by atoms with Crippen molar-refractivity contribution in [2.75, 3.05) is 40.0 Å². The Hall–Kier alpha value is -2.61. The van der Waals surface area contributed by atoms with Gasteiger partial charge in [-0.1, -0.05) is 0 Å². The summed E-state index contributed by atoms with van der Waals surface area (Å²) in [7, 11) is 1.62. The highest BCUT2D eigenvalue weighted by atomic mass is 16.5. The molecule has 1 fully saturated rings. The minimum absolute atomic E-state index is 0.0324. The number of likely N-dealkylation sites (tertiary alicyclic amines) is 1. The molecule has 2 aliphatic rings. The van der Waals surface area contributed by atoms with E-state index in [9.17, 15) is 14.4 Å². The molecule has 0 radical (unpaired) electrons. The van der Waals surface area contributed by atoms with Crippen molar-refractivity contribution in [3.05, 3.63) is 23.8 Å². The summed E-state index contributed by atoms with van der Waals surface area (Å²) in [5, 5.41) is 2.76. The molecule has 8 nitrogen and oxygen atoms in total. The minimum Gasteiger partial charge on any atom is -0.486 e. The number of fused-ring (bicyclic) bond motifs is 1. The fourth-order valence-electron chi connectivity index (χ4n) is 3.72. The predicted octanol–water partition coefficient (Wildman–Crippen LogP) is 1.56. The number of carbonyl (C=O) groups is 3. The summed E-state index contributed by atoms with van der Waals surface area (Å²) in [4.78, 5) is 37.8. The molecule has 1 spiro atoms. The molecule has 2 heterocycles. The van der Waals surface area contributed by atoms with Crippen LogP contribution in [0.2, 0.25) is 0 Å². The molecule has 0 aliphatic carbocycles. The number of hydrogen-bond acceptors (Lipinski definition) is 6. The van der Waals surface area contributed by atoms with Gasteiger partial charge in [-0.25, -0.2) is 0 Å². The Labute approximate surface area is 170 Å². The first kappa shape index (κ1) is 21.1. The van der Waals surface area contributed by atoms with Gasteiger partial charge in [0.15, 0.2) is 12.4 Å². The lowest BCUT2D eigenvalue weighted by molar-refractivity contribution is -0.132. The smallest absolute Gasteiger partial charge is 0.257 e. The van der Waals surface area contributed by atoms with Gasteiger partial charge < -0.3 is 24.4 Å². The van der Waals surface area contributed by atoms with Crippen molar-refractivity contribution in [1.82, 2.24) is 10.2 Å². The number of nitrogens with one attached hydrogen (secondary N) is 1. The number of ketones is 1. The molecule has 3 rings (SSSR count). The van der Waals surface area contributed by atoms with Gasteiger partial charge in [-0.2, -0.15) is 0 Å². The Balaban J connectivity index is 1.60. The monoisotopic (exact) mass is 404 g/mol. The largest absolute Gasteiger partial charge is 0.486 e. The van der Waals surface area contributed by atoms with Crippen molar-refractivity contribution in [2.45, 2.75) is 38.2 Å². The maximum Gasteiger partial charge on any atom is 0.257 e. The van der Waals surface area contributed by atoms with Crippen molar-refractivity contribution in [3.8, 4) is 11.5 Å². The highest BCUT2D eigenvalue weighted by Gasteiger charge is 2.43. The number of rotatable bonds is 7. The molecular formula is C21H28N2O6. The average Bonchev–Trinajstić information content (AvgIpc) is 2.69. The van der Waals surface area contributed by atoms with Gasteiger partial charge >= 0.3 is 0 Å². The average molecular weight is 404 g/mol. The third-order valence-electron chi connectivity index (χ3n) is 5.40. The molecule has 0 saturated carbocycles. The molecule has 158 valence electrons. The van der Waals surface area contributed by atoms with Gasteiger partial charge in [0.2, 0.25) is 5.91 Å². The van der Waals surface area contributed by atoms with Crippen molar-refractivity contribution >= 4 is 17.6 Å². The first-order valence-corrected chi connectivity index (χ1v) is 9.93. The number of ether oxygens (including phenoxy) is 3. The van der Waals surface area contributed by atoms with E-state index >= 15 is 0 Å². The normalized spacial score (nSPS) is 17.4. The molecule has 8 heteroatoms. The van der Waals surface area contributed by atoms with E-state index in [4.69, 9.17) is 14.2 Å². The van der Waals surface area contributed by atoms with E-state index in [1.54, 1.807) is 37.1 Å². The predicted molar refractivity (Wildman–Crippen MR) is 105 cm³/mol. The summed E-state index contributed by atoms with van der Waals surface area (Å²) in [6.45, 7) is 3.71. The van der Waals surface area contributed by atoms with Gasteiger partial charge in [0.05, 0.1) is 12.0 Å². The van der Waals surface area contributed by atoms with Crippen LogP contribution < -0.4 is 14.8 Å². The zero-order valence-corrected chi connectivity index (χ0v) is 17.0. The summed E-state index contributed by atoms with van der Waals surface area (Å²) in [6.07, 6.45) is 2.29. The molecule has 29 heavy (non-hydrogen) atoms. The molecule has 0 aromatic heterocycles. The Kier molecular flexibility index (Phi) is 6.74. The highest BCUT2D eigenvalue weighted by molar-refractivity contribution is 6.00. The number of amides is 2. The lowest BCUT2D eigenvalue weighted by Crippen LogP contribution is -2.51. The van der Waals surface area contributed by atoms with E-state index in [2.05, 4.69) is 5.32 Å². The van der Waals surface area contributed by atoms with Gasteiger partial charge in [0.1, 0.15) is 17.1 Å². The second-order valence-electron chi connectivity index (χ2n) is 7.53. The van der Waals surface area contributed by atoms with E-state index in [-0.39, 0.29) is 24.2 Å². The van der Waals surface area contributed by atoms with Crippen LogP contribution in [0.5, 0.6) is 11.5 Å². The van der Waals surface area contributed by atoms with Crippen LogP contribution in [-0.2, 0) is 14.3 Å². The molecule has 1 saturated heterocycles. The third-order valence-corrected chi connectivity index (χ3v) is 5.40. The van der Waals surface area contributed by atoms with E-state index in [0.717, 1.165) is 6.42 Å². The first-order chi connectivity index (χ1) is 13.9. The van der Waals surface area contributed by atoms with Gasteiger partial charge in [0.25, 0.3) is 5.91 Å². The second kappa shape index (κ2) is 9.26. The fourth-order valence-corrected chi connectivity index (χ4v) is 3.72. The summed E-state index contributed by atoms with van der Waals surface area (Å²) >= 11 is 0.